The van der Waals surface area contributed by atoms with E-state index >= 15 is 0 Å². The van der Waals surface area contributed by atoms with E-state index in [0.29, 0.717) is 12.2 Å². The van der Waals surface area contributed by atoms with Gasteiger partial charge in [-0.3, -0.25) is 4.79 Å². The van der Waals surface area contributed by atoms with E-state index < -0.39 is 0 Å². The maximum absolute atomic E-state index is 12.1. The highest BCUT2D eigenvalue weighted by molar-refractivity contribution is 5.92. The van der Waals surface area contributed by atoms with E-state index in [0.717, 1.165) is 17.7 Å². The van der Waals surface area contributed by atoms with Crippen molar-refractivity contribution in [2.45, 2.75) is 20.0 Å². The second kappa shape index (κ2) is 7.32. The number of hydrogen-bond acceptors (Lipinski definition) is 2. The monoisotopic (exact) mass is 282 g/mol. The molecule has 0 spiro atoms. The molecule has 2 aromatic rings. The van der Waals surface area contributed by atoms with Gasteiger partial charge in [0.1, 0.15) is 12.3 Å². The topological polar surface area (TPSA) is 54.3 Å². The Labute approximate surface area is 124 Å². The summed E-state index contributed by atoms with van der Waals surface area (Å²) in [5, 5.41) is 11.5. The molecule has 108 valence electrons. The predicted octanol–water partition coefficient (Wildman–Crippen LogP) is 1.78. The van der Waals surface area contributed by atoms with Gasteiger partial charge in [-0.15, -0.1) is 0 Å². The molecule has 0 fully saturated rings. The first kappa shape index (κ1) is 14.9. The lowest BCUT2D eigenvalue weighted by atomic mass is 10.1. The van der Waals surface area contributed by atoms with Gasteiger partial charge in [-0.25, -0.2) is 0 Å². The van der Waals surface area contributed by atoms with Gasteiger partial charge in [-0.1, -0.05) is 24.0 Å². The maximum atomic E-state index is 12.1. The van der Waals surface area contributed by atoms with Crippen LogP contribution >= 0.6 is 0 Å². The van der Waals surface area contributed by atoms with Crippen molar-refractivity contribution in [1.29, 1.82) is 0 Å². The molecule has 0 aliphatic rings. The lowest BCUT2D eigenvalue weighted by Crippen LogP contribution is -2.25. The number of aliphatic hydroxyl groups excluding tert-OH is 1. The van der Waals surface area contributed by atoms with E-state index in [4.69, 9.17) is 5.11 Å². The molecule has 1 aromatic carbocycles. The summed E-state index contributed by atoms with van der Waals surface area (Å²) in [5.41, 5.74) is 2.52. The van der Waals surface area contributed by atoms with Crippen molar-refractivity contribution in [3.05, 3.63) is 59.4 Å². The second-order valence-corrected chi connectivity index (χ2v) is 4.52. The third kappa shape index (κ3) is 3.98. The molecule has 2 rings (SSSR count). The van der Waals surface area contributed by atoms with Crippen LogP contribution in [0.5, 0.6) is 0 Å². The number of nitrogens with zero attached hydrogens (tertiary/aromatic N) is 1. The Hall–Kier alpha value is -2.51. The van der Waals surface area contributed by atoms with Gasteiger partial charge in [0.2, 0.25) is 0 Å². The minimum Gasteiger partial charge on any atom is -0.384 e. The first-order chi connectivity index (χ1) is 10.2. The van der Waals surface area contributed by atoms with Gasteiger partial charge in [-0.05, 0) is 36.8 Å². The molecule has 0 saturated carbocycles. The summed E-state index contributed by atoms with van der Waals surface area (Å²) >= 11 is 0. The van der Waals surface area contributed by atoms with Gasteiger partial charge in [0.05, 0.1) is 0 Å². The molecule has 2 N–H and O–H groups in total. The van der Waals surface area contributed by atoms with Crippen LogP contribution in [0.25, 0.3) is 0 Å². The molecule has 0 radical (unpaired) electrons. The van der Waals surface area contributed by atoms with Crippen LogP contribution in [0.1, 0.15) is 28.5 Å². The van der Waals surface area contributed by atoms with Crippen molar-refractivity contribution < 1.29 is 9.90 Å². The molecule has 4 heteroatoms. The quantitative estimate of drug-likeness (QED) is 0.840. The highest BCUT2D eigenvalue weighted by atomic mass is 16.2. The SMILES string of the molecule is CCn1cccc1C(=O)NCc1ccc(C#CCO)cc1. The molecule has 1 heterocycles. The summed E-state index contributed by atoms with van der Waals surface area (Å²) in [7, 11) is 0. The molecule has 0 unspecified atom stereocenters. The number of carbonyl (C=O) groups excluding carboxylic acids is 1. The molecule has 0 saturated heterocycles. The number of hydrogen-bond donors (Lipinski definition) is 2. The Morgan fingerprint density at radius 1 is 1.29 bits per heavy atom. The Kier molecular flexibility index (Phi) is 5.19. The normalized spacial score (nSPS) is 9.81. The lowest BCUT2D eigenvalue weighted by molar-refractivity contribution is 0.0941. The standard InChI is InChI=1S/C17H18N2O2/c1-2-19-11-3-6-16(19)17(21)18-13-15-9-7-14(8-10-15)5-4-12-20/h3,6-11,20H,2,12-13H2,1H3,(H,18,21). The van der Waals surface area contributed by atoms with Gasteiger partial charge < -0.3 is 15.0 Å². The maximum Gasteiger partial charge on any atom is 0.268 e. The summed E-state index contributed by atoms with van der Waals surface area (Å²) in [6.45, 7) is 3.10. The van der Waals surface area contributed by atoms with Gasteiger partial charge >= 0.3 is 0 Å². The molecule has 0 atom stereocenters. The Balaban J connectivity index is 1.95. The molecule has 1 aromatic heterocycles. The number of benzene rings is 1. The average molecular weight is 282 g/mol. The lowest BCUT2D eigenvalue weighted by Gasteiger charge is -2.08. The number of carbonyl (C=O) groups is 1. The number of aryl methyl sites for hydroxylation is 1. The van der Waals surface area contributed by atoms with Crippen LogP contribution in [0.15, 0.2) is 42.6 Å². The van der Waals surface area contributed by atoms with Gasteiger partial charge in [0.15, 0.2) is 0 Å². The first-order valence-electron chi connectivity index (χ1n) is 6.86. The van der Waals surface area contributed by atoms with Crippen LogP contribution in [0.2, 0.25) is 0 Å². The Morgan fingerprint density at radius 2 is 2.05 bits per heavy atom. The molecular weight excluding hydrogens is 264 g/mol. The zero-order valence-electron chi connectivity index (χ0n) is 12.0. The highest BCUT2D eigenvalue weighted by Gasteiger charge is 2.09. The van der Waals surface area contributed by atoms with E-state index in [1.807, 2.05) is 54.1 Å². The van der Waals surface area contributed by atoms with E-state index in [9.17, 15) is 4.79 Å². The molecule has 4 nitrogen and oxygen atoms in total. The fraction of sp³-hybridized carbons (Fsp3) is 0.235. The van der Waals surface area contributed by atoms with E-state index in [-0.39, 0.29) is 12.5 Å². The second-order valence-electron chi connectivity index (χ2n) is 4.52. The van der Waals surface area contributed by atoms with Gasteiger partial charge in [0, 0.05) is 24.8 Å². The number of aliphatic hydroxyl groups is 1. The van der Waals surface area contributed by atoms with Crippen LogP contribution in [0, 0.1) is 11.8 Å². The third-order valence-corrected chi connectivity index (χ3v) is 3.12. The number of rotatable bonds is 4. The van der Waals surface area contributed by atoms with Gasteiger partial charge in [0.25, 0.3) is 5.91 Å². The average Bonchev–Trinajstić information content (AvgIpc) is 3.00. The van der Waals surface area contributed by atoms with Crippen LogP contribution < -0.4 is 5.32 Å². The fourth-order valence-corrected chi connectivity index (χ4v) is 2.02. The van der Waals surface area contributed by atoms with Crippen molar-refractivity contribution in [2.75, 3.05) is 6.61 Å². The van der Waals surface area contributed by atoms with Crippen molar-refractivity contribution in [2.24, 2.45) is 0 Å². The highest BCUT2D eigenvalue weighted by Crippen LogP contribution is 2.05. The van der Waals surface area contributed by atoms with E-state index in [1.54, 1.807) is 0 Å². The number of amides is 1. The smallest absolute Gasteiger partial charge is 0.268 e. The largest absolute Gasteiger partial charge is 0.384 e. The zero-order chi connectivity index (χ0) is 15.1. The van der Waals surface area contributed by atoms with Crippen LogP contribution in [-0.4, -0.2) is 22.2 Å². The van der Waals surface area contributed by atoms with Crippen LogP contribution in [0.4, 0.5) is 0 Å². The molecule has 0 aliphatic carbocycles. The van der Waals surface area contributed by atoms with Crippen LogP contribution in [-0.2, 0) is 13.1 Å². The van der Waals surface area contributed by atoms with E-state index in [1.165, 1.54) is 0 Å². The Morgan fingerprint density at radius 3 is 2.71 bits per heavy atom. The van der Waals surface area contributed by atoms with Gasteiger partial charge in [-0.2, -0.15) is 0 Å². The summed E-state index contributed by atoms with van der Waals surface area (Å²) < 4.78 is 1.91. The van der Waals surface area contributed by atoms with Crippen molar-refractivity contribution in [3.8, 4) is 11.8 Å². The van der Waals surface area contributed by atoms with Crippen LogP contribution in [0.3, 0.4) is 0 Å². The van der Waals surface area contributed by atoms with Crippen molar-refractivity contribution in [3.63, 3.8) is 0 Å². The minimum absolute atomic E-state index is 0.0778. The summed E-state index contributed by atoms with van der Waals surface area (Å²) in [5.74, 6) is 5.35. The summed E-state index contributed by atoms with van der Waals surface area (Å²) in [4.78, 5) is 12.1. The molecule has 21 heavy (non-hydrogen) atoms. The Bertz CT molecular complexity index is 660. The predicted molar refractivity (Wildman–Crippen MR) is 81.7 cm³/mol. The summed E-state index contributed by atoms with van der Waals surface area (Å²) in [6, 6.07) is 11.3. The van der Waals surface area contributed by atoms with E-state index in [2.05, 4.69) is 17.2 Å². The van der Waals surface area contributed by atoms with Crippen molar-refractivity contribution in [1.82, 2.24) is 9.88 Å². The minimum atomic E-state index is -0.144. The number of aromatic nitrogens is 1. The molecular formula is C17H18N2O2. The summed E-state index contributed by atoms with van der Waals surface area (Å²) in [6.07, 6.45) is 1.89. The molecule has 0 aliphatic heterocycles. The molecule has 1 amide bonds. The molecule has 0 bridgehead atoms. The number of nitrogens with one attached hydrogen (secondary N) is 1. The first-order valence-corrected chi connectivity index (χ1v) is 6.86. The zero-order valence-corrected chi connectivity index (χ0v) is 12.0. The van der Waals surface area contributed by atoms with Crippen molar-refractivity contribution >= 4 is 5.91 Å². The fourth-order valence-electron chi connectivity index (χ4n) is 2.02. The third-order valence-electron chi connectivity index (χ3n) is 3.12.